The number of alkyl halides is 2. The summed E-state index contributed by atoms with van der Waals surface area (Å²) >= 11 is 0.938. The van der Waals surface area contributed by atoms with Gasteiger partial charge in [-0.3, -0.25) is 0 Å². The summed E-state index contributed by atoms with van der Waals surface area (Å²) in [6, 6.07) is 4.50. The van der Waals surface area contributed by atoms with Gasteiger partial charge in [0.25, 0.3) is 6.43 Å². The Morgan fingerprint density at radius 2 is 2.00 bits per heavy atom. The number of hydrogen-bond acceptors (Lipinski definition) is 1. The third kappa shape index (κ3) is 1.39. The fourth-order valence-corrected chi connectivity index (χ4v) is 2.23. The van der Waals surface area contributed by atoms with Crippen molar-refractivity contribution in [3.63, 3.8) is 0 Å². The van der Waals surface area contributed by atoms with Crippen LogP contribution >= 0.6 is 11.3 Å². The van der Waals surface area contributed by atoms with Gasteiger partial charge < -0.3 is 0 Å². The van der Waals surface area contributed by atoms with Crippen LogP contribution in [-0.2, 0) is 0 Å². The maximum atomic E-state index is 13.4. The average molecular weight is 216 g/mol. The van der Waals surface area contributed by atoms with Crippen molar-refractivity contribution in [3.8, 4) is 0 Å². The molecule has 74 valence electrons. The maximum absolute atomic E-state index is 13.4. The van der Waals surface area contributed by atoms with E-state index in [1.54, 1.807) is 19.1 Å². The third-order valence-electron chi connectivity index (χ3n) is 2.06. The summed E-state index contributed by atoms with van der Waals surface area (Å²) in [7, 11) is 0. The van der Waals surface area contributed by atoms with Crippen LogP contribution in [0.5, 0.6) is 0 Å². The molecule has 0 saturated carbocycles. The molecule has 0 aliphatic carbocycles. The van der Waals surface area contributed by atoms with E-state index in [2.05, 4.69) is 0 Å². The highest BCUT2D eigenvalue weighted by atomic mass is 32.1. The smallest absolute Gasteiger partial charge is 0.206 e. The number of fused-ring (bicyclic) bond motifs is 1. The van der Waals surface area contributed by atoms with Gasteiger partial charge in [-0.2, -0.15) is 0 Å². The topological polar surface area (TPSA) is 0 Å². The van der Waals surface area contributed by atoms with Crippen molar-refractivity contribution in [3.05, 3.63) is 34.5 Å². The molecule has 0 bridgehead atoms. The van der Waals surface area contributed by atoms with Crippen molar-refractivity contribution in [1.82, 2.24) is 0 Å². The van der Waals surface area contributed by atoms with E-state index >= 15 is 0 Å². The summed E-state index contributed by atoms with van der Waals surface area (Å²) < 4.78 is 38.7. The van der Waals surface area contributed by atoms with E-state index in [4.69, 9.17) is 0 Å². The molecule has 0 N–H and O–H groups in total. The second-order valence-electron chi connectivity index (χ2n) is 3.06. The predicted octanol–water partition coefficient (Wildman–Crippen LogP) is 4.29. The molecule has 0 spiro atoms. The second kappa shape index (κ2) is 3.28. The van der Waals surface area contributed by atoms with Crippen LogP contribution in [0.1, 0.15) is 16.9 Å². The van der Waals surface area contributed by atoms with Crippen LogP contribution in [0.25, 0.3) is 10.1 Å². The first kappa shape index (κ1) is 9.52. The monoisotopic (exact) mass is 216 g/mol. The lowest BCUT2D eigenvalue weighted by atomic mass is 10.1. The Morgan fingerprint density at radius 3 is 2.64 bits per heavy atom. The molecule has 0 radical (unpaired) electrons. The fraction of sp³-hybridized carbons (Fsp3) is 0.200. The molecule has 0 aliphatic heterocycles. The van der Waals surface area contributed by atoms with Crippen LogP contribution in [0.2, 0.25) is 0 Å². The van der Waals surface area contributed by atoms with Crippen molar-refractivity contribution in [2.75, 3.05) is 0 Å². The Hall–Kier alpha value is -1.03. The Kier molecular flexibility index (Phi) is 2.23. The molecule has 2 rings (SSSR count). The van der Waals surface area contributed by atoms with Gasteiger partial charge in [0.05, 0.1) is 4.88 Å². The minimum atomic E-state index is -2.52. The van der Waals surface area contributed by atoms with E-state index in [0.29, 0.717) is 15.6 Å². The van der Waals surface area contributed by atoms with Gasteiger partial charge in [0.1, 0.15) is 5.82 Å². The first-order chi connectivity index (χ1) is 6.59. The molecule has 0 amide bonds. The molecular weight excluding hydrogens is 209 g/mol. The van der Waals surface area contributed by atoms with Crippen LogP contribution in [0.15, 0.2) is 18.2 Å². The lowest BCUT2D eigenvalue weighted by Crippen LogP contribution is -1.80. The summed E-state index contributed by atoms with van der Waals surface area (Å²) in [5.41, 5.74) is 0.483. The molecule has 2 aromatic rings. The largest absolute Gasteiger partial charge is 0.272 e. The SMILES string of the molecule is Cc1ccc2sc(C(F)F)cc2c1F. The van der Waals surface area contributed by atoms with Crippen LogP contribution < -0.4 is 0 Å². The number of aryl methyl sites for hydroxylation is 1. The molecule has 1 aromatic carbocycles. The van der Waals surface area contributed by atoms with E-state index in [9.17, 15) is 13.2 Å². The average Bonchev–Trinajstić information content (AvgIpc) is 2.56. The van der Waals surface area contributed by atoms with Gasteiger partial charge in [-0.25, -0.2) is 13.2 Å². The normalized spacial score (nSPS) is 11.5. The quantitative estimate of drug-likeness (QED) is 0.667. The Bertz CT molecular complexity index is 473. The first-order valence-electron chi connectivity index (χ1n) is 4.06. The molecule has 14 heavy (non-hydrogen) atoms. The summed E-state index contributed by atoms with van der Waals surface area (Å²) in [6.45, 7) is 1.62. The van der Waals surface area contributed by atoms with Crippen molar-refractivity contribution in [1.29, 1.82) is 0 Å². The number of hydrogen-bond donors (Lipinski definition) is 0. The number of thiophene rings is 1. The van der Waals surface area contributed by atoms with Crippen LogP contribution in [0.3, 0.4) is 0 Å². The lowest BCUT2D eigenvalue weighted by Gasteiger charge is -1.95. The molecule has 0 fully saturated rings. The van der Waals surface area contributed by atoms with Gasteiger partial charge in [-0.05, 0) is 24.6 Å². The fourth-order valence-electron chi connectivity index (χ4n) is 1.31. The zero-order valence-electron chi connectivity index (χ0n) is 7.35. The van der Waals surface area contributed by atoms with Crippen molar-refractivity contribution < 1.29 is 13.2 Å². The standard InChI is InChI=1S/C10H7F3S/c1-5-2-3-7-6(9(5)11)4-8(14-7)10(12)13/h2-4,10H,1H3. The van der Waals surface area contributed by atoms with Gasteiger partial charge in [0, 0.05) is 10.1 Å². The van der Waals surface area contributed by atoms with Crippen molar-refractivity contribution >= 4 is 21.4 Å². The van der Waals surface area contributed by atoms with Crippen molar-refractivity contribution in [2.24, 2.45) is 0 Å². The van der Waals surface area contributed by atoms with E-state index in [1.807, 2.05) is 0 Å². The van der Waals surface area contributed by atoms with Crippen LogP contribution in [-0.4, -0.2) is 0 Å². The number of halogens is 3. The summed E-state index contributed by atoms with van der Waals surface area (Å²) in [6.07, 6.45) is -2.52. The molecule has 1 heterocycles. The highest BCUT2D eigenvalue weighted by Crippen LogP contribution is 2.34. The Balaban J connectivity index is 2.71. The molecule has 0 aliphatic rings. The zero-order valence-corrected chi connectivity index (χ0v) is 8.17. The number of rotatable bonds is 1. The summed E-state index contributed by atoms with van der Waals surface area (Å²) in [5, 5.41) is 0.297. The Morgan fingerprint density at radius 1 is 1.29 bits per heavy atom. The molecule has 0 unspecified atom stereocenters. The molecule has 4 heteroatoms. The minimum Gasteiger partial charge on any atom is -0.206 e. The van der Waals surface area contributed by atoms with E-state index < -0.39 is 12.2 Å². The highest BCUT2D eigenvalue weighted by Gasteiger charge is 2.14. The maximum Gasteiger partial charge on any atom is 0.272 e. The molecule has 0 nitrogen and oxygen atoms in total. The highest BCUT2D eigenvalue weighted by molar-refractivity contribution is 7.19. The second-order valence-corrected chi connectivity index (χ2v) is 4.17. The van der Waals surface area contributed by atoms with E-state index in [1.165, 1.54) is 6.07 Å². The minimum absolute atomic E-state index is 0.0792. The van der Waals surface area contributed by atoms with Gasteiger partial charge in [0.2, 0.25) is 0 Å². The van der Waals surface area contributed by atoms with Gasteiger partial charge in [-0.1, -0.05) is 6.07 Å². The molecule has 0 atom stereocenters. The predicted molar refractivity (Wildman–Crippen MR) is 51.5 cm³/mol. The van der Waals surface area contributed by atoms with Crippen molar-refractivity contribution in [2.45, 2.75) is 13.3 Å². The van der Waals surface area contributed by atoms with E-state index in [-0.39, 0.29) is 4.88 Å². The Labute approximate surface area is 83.0 Å². The van der Waals surface area contributed by atoms with Crippen LogP contribution in [0.4, 0.5) is 13.2 Å². The van der Waals surface area contributed by atoms with Crippen LogP contribution in [0, 0.1) is 12.7 Å². The zero-order chi connectivity index (χ0) is 10.3. The third-order valence-corrected chi connectivity index (χ3v) is 3.17. The first-order valence-corrected chi connectivity index (χ1v) is 4.88. The summed E-state index contributed by atoms with van der Waals surface area (Å²) in [5.74, 6) is -0.398. The number of benzene rings is 1. The summed E-state index contributed by atoms with van der Waals surface area (Å²) in [4.78, 5) is -0.0792. The molecular formula is C10H7F3S. The van der Waals surface area contributed by atoms with Gasteiger partial charge in [0.15, 0.2) is 0 Å². The van der Waals surface area contributed by atoms with E-state index in [0.717, 1.165) is 11.3 Å². The van der Waals surface area contributed by atoms with Gasteiger partial charge >= 0.3 is 0 Å². The molecule has 0 saturated heterocycles. The lowest BCUT2D eigenvalue weighted by molar-refractivity contribution is 0.156. The van der Waals surface area contributed by atoms with Gasteiger partial charge in [-0.15, -0.1) is 11.3 Å². The molecule has 1 aromatic heterocycles.